The fourth-order valence-electron chi connectivity index (χ4n) is 3.60. The SMILES string of the molecule is CO/N=C(\c1ccccc1)c1ccc2c(c1)sc(=O)n2CCOc1cccc(OC(C)(C)C(=O)[O-])c1. The fourth-order valence-corrected chi connectivity index (χ4v) is 4.56. The third-order valence-corrected chi connectivity index (χ3v) is 6.37. The Labute approximate surface area is 212 Å². The van der Waals surface area contributed by atoms with Gasteiger partial charge in [-0.15, -0.1) is 0 Å². The summed E-state index contributed by atoms with van der Waals surface area (Å²) in [6.45, 7) is 3.41. The predicted molar refractivity (Wildman–Crippen MR) is 137 cm³/mol. The molecule has 186 valence electrons. The molecule has 0 N–H and O–H groups in total. The molecule has 1 aromatic heterocycles. The maximum absolute atomic E-state index is 12.7. The summed E-state index contributed by atoms with van der Waals surface area (Å²) in [7, 11) is 1.50. The zero-order chi connectivity index (χ0) is 25.7. The van der Waals surface area contributed by atoms with Gasteiger partial charge in [-0.2, -0.15) is 0 Å². The molecule has 0 spiro atoms. The first kappa shape index (κ1) is 25.0. The van der Waals surface area contributed by atoms with Crippen LogP contribution in [0.2, 0.25) is 0 Å². The monoisotopic (exact) mass is 505 g/mol. The van der Waals surface area contributed by atoms with Crippen LogP contribution in [0, 0.1) is 0 Å². The molecule has 0 radical (unpaired) electrons. The number of aromatic nitrogens is 1. The number of hydrogen-bond acceptors (Lipinski definition) is 8. The minimum atomic E-state index is -1.48. The van der Waals surface area contributed by atoms with Gasteiger partial charge < -0.3 is 24.2 Å². The van der Waals surface area contributed by atoms with Crippen LogP contribution in [0.25, 0.3) is 10.2 Å². The van der Waals surface area contributed by atoms with E-state index in [0.717, 1.165) is 32.7 Å². The van der Waals surface area contributed by atoms with E-state index in [-0.39, 0.29) is 11.5 Å². The van der Waals surface area contributed by atoms with E-state index in [0.29, 0.717) is 23.8 Å². The third-order valence-electron chi connectivity index (χ3n) is 5.43. The quantitative estimate of drug-likeness (QED) is 0.242. The second kappa shape index (κ2) is 10.7. The Morgan fingerprint density at radius 3 is 2.47 bits per heavy atom. The summed E-state index contributed by atoms with van der Waals surface area (Å²) in [5.41, 5.74) is 1.76. The molecule has 0 aliphatic carbocycles. The van der Waals surface area contributed by atoms with Gasteiger partial charge in [0.05, 0.1) is 22.7 Å². The van der Waals surface area contributed by atoms with E-state index in [1.54, 1.807) is 28.8 Å². The number of thiazole rings is 1. The Hall–Kier alpha value is -4.11. The summed E-state index contributed by atoms with van der Waals surface area (Å²) >= 11 is 1.16. The summed E-state index contributed by atoms with van der Waals surface area (Å²) in [4.78, 5) is 28.9. The number of carbonyl (C=O) groups is 1. The topological polar surface area (TPSA) is 102 Å². The lowest BCUT2D eigenvalue weighted by molar-refractivity contribution is -0.320. The number of carboxylic acids is 1. The van der Waals surface area contributed by atoms with Crippen molar-refractivity contribution in [3.8, 4) is 11.5 Å². The molecular formula is C27H25N2O6S-. The van der Waals surface area contributed by atoms with Gasteiger partial charge in [0, 0.05) is 17.2 Å². The smallest absolute Gasteiger partial charge is 0.308 e. The van der Waals surface area contributed by atoms with Crippen molar-refractivity contribution in [2.24, 2.45) is 5.16 Å². The first-order valence-corrected chi connectivity index (χ1v) is 12.0. The zero-order valence-electron chi connectivity index (χ0n) is 20.1. The summed E-state index contributed by atoms with van der Waals surface area (Å²) in [5, 5.41) is 15.4. The molecule has 0 aliphatic rings. The maximum atomic E-state index is 12.7. The van der Waals surface area contributed by atoms with Crippen LogP contribution in [0.1, 0.15) is 25.0 Å². The van der Waals surface area contributed by atoms with Gasteiger partial charge in [0.1, 0.15) is 36.5 Å². The Balaban J connectivity index is 1.50. The van der Waals surface area contributed by atoms with Crippen LogP contribution in [0.4, 0.5) is 0 Å². The molecule has 0 unspecified atom stereocenters. The number of benzene rings is 3. The highest BCUT2D eigenvalue weighted by Crippen LogP contribution is 2.24. The summed E-state index contributed by atoms with van der Waals surface area (Å²) in [6.07, 6.45) is 0. The van der Waals surface area contributed by atoms with Crippen molar-refractivity contribution < 1.29 is 24.2 Å². The van der Waals surface area contributed by atoms with Crippen LogP contribution in [0.3, 0.4) is 0 Å². The van der Waals surface area contributed by atoms with Crippen molar-refractivity contribution in [1.82, 2.24) is 4.57 Å². The lowest BCUT2D eigenvalue weighted by Crippen LogP contribution is -2.47. The van der Waals surface area contributed by atoms with E-state index in [1.807, 2.05) is 48.5 Å². The van der Waals surface area contributed by atoms with Crippen molar-refractivity contribution >= 4 is 33.2 Å². The molecular weight excluding hydrogens is 480 g/mol. The molecule has 0 atom stereocenters. The van der Waals surface area contributed by atoms with Crippen LogP contribution in [-0.4, -0.2) is 35.6 Å². The molecule has 36 heavy (non-hydrogen) atoms. The number of rotatable bonds is 10. The number of ether oxygens (including phenoxy) is 2. The standard InChI is InChI=1S/C27H26N2O6S/c1-27(2,25(30)31)35-21-11-7-10-20(17-21)34-15-14-29-22-13-12-19(16-23(22)36-26(29)32)24(28-33-3)18-8-5-4-6-9-18/h4-13,16-17H,14-15H2,1-3H3,(H,30,31)/p-1/b28-24+. The van der Waals surface area contributed by atoms with Crippen molar-refractivity contribution in [1.29, 1.82) is 0 Å². The largest absolute Gasteiger partial charge is 0.546 e. The minimum absolute atomic E-state index is 0.0940. The molecule has 8 nitrogen and oxygen atoms in total. The highest BCUT2D eigenvalue weighted by molar-refractivity contribution is 7.16. The minimum Gasteiger partial charge on any atom is -0.546 e. The van der Waals surface area contributed by atoms with Crippen LogP contribution < -0.4 is 19.5 Å². The molecule has 1 heterocycles. The molecule has 0 saturated carbocycles. The van der Waals surface area contributed by atoms with Crippen LogP contribution in [0.5, 0.6) is 11.5 Å². The van der Waals surface area contributed by atoms with Gasteiger partial charge in [0.2, 0.25) is 0 Å². The number of aliphatic carboxylic acids is 1. The average Bonchev–Trinajstić information content (AvgIpc) is 3.17. The number of oxime groups is 1. The highest BCUT2D eigenvalue weighted by atomic mass is 32.1. The normalized spacial score (nSPS) is 11.9. The number of fused-ring (bicyclic) bond motifs is 1. The van der Waals surface area contributed by atoms with Crippen LogP contribution in [-0.2, 0) is 16.2 Å². The molecule has 0 saturated heterocycles. The Morgan fingerprint density at radius 1 is 1.00 bits per heavy atom. The van der Waals surface area contributed by atoms with Gasteiger partial charge in [0.15, 0.2) is 0 Å². The molecule has 0 fully saturated rings. The molecule has 3 aromatic carbocycles. The summed E-state index contributed by atoms with van der Waals surface area (Å²) in [5.74, 6) is -0.468. The second-order valence-electron chi connectivity index (χ2n) is 8.41. The molecule has 4 rings (SSSR count). The van der Waals surface area contributed by atoms with Crippen molar-refractivity contribution in [2.45, 2.75) is 26.0 Å². The van der Waals surface area contributed by atoms with E-state index in [4.69, 9.17) is 14.3 Å². The van der Waals surface area contributed by atoms with Gasteiger partial charge in [-0.3, -0.25) is 9.36 Å². The number of carboxylic acid groups (broad SMARTS) is 1. The van der Waals surface area contributed by atoms with E-state index < -0.39 is 11.6 Å². The number of carbonyl (C=O) groups excluding carboxylic acids is 1. The second-order valence-corrected chi connectivity index (χ2v) is 9.41. The molecule has 9 heteroatoms. The predicted octanol–water partition coefficient (Wildman–Crippen LogP) is 3.45. The van der Waals surface area contributed by atoms with Gasteiger partial charge in [-0.25, -0.2) is 0 Å². The maximum Gasteiger partial charge on any atom is 0.308 e. The summed E-state index contributed by atoms with van der Waals surface area (Å²) in [6, 6.07) is 22.1. The third kappa shape index (κ3) is 5.58. The zero-order valence-corrected chi connectivity index (χ0v) is 20.9. The Morgan fingerprint density at radius 2 is 1.75 bits per heavy atom. The molecule has 0 aliphatic heterocycles. The van der Waals surface area contributed by atoms with Crippen molar-refractivity contribution in [3.05, 3.63) is 93.6 Å². The van der Waals surface area contributed by atoms with Crippen molar-refractivity contribution in [2.75, 3.05) is 13.7 Å². The fraction of sp³-hybridized carbons (Fsp3) is 0.222. The summed E-state index contributed by atoms with van der Waals surface area (Å²) < 4.78 is 13.8. The lowest BCUT2D eigenvalue weighted by atomic mass is 10.0. The van der Waals surface area contributed by atoms with E-state index in [1.165, 1.54) is 21.0 Å². The molecule has 0 bridgehead atoms. The van der Waals surface area contributed by atoms with Crippen LogP contribution in [0.15, 0.2) is 82.7 Å². The molecule has 0 amide bonds. The Bertz CT molecular complexity index is 1460. The van der Waals surface area contributed by atoms with E-state index >= 15 is 0 Å². The first-order chi connectivity index (χ1) is 17.3. The van der Waals surface area contributed by atoms with Crippen molar-refractivity contribution in [3.63, 3.8) is 0 Å². The molecule has 4 aromatic rings. The number of nitrogens with zero attached hydrogens (tertiary/aromatic N) is 2. The first-order valence-electron chi connectivity index (χ1n) is 11.2. The highest BCUT2D eigenvalue weighted by Gasteiger charge is 2.21. The van der Waals surface area contributed by atoms with Gasteiger partial charge in [-0.05, 0) is 38.1 Å². The number of hydrogen-bond donors (Lipinski definition) is 0. The lowest BCUT2D eigenvalue weighted by Gasteiger charge is -2.27. The Kier molecular flexibility index (Phi) is 7.40. The van der Waals surface area contributed by atoms with E-state index in [2.05, 4.69) is 5.16 Å². The van der Waals surface area contributed by atoms with Crippen LogP contribution >= 0.6 is 11.3 Å². The average molecular weight is 506 g/mol. The van der Waals surface area contributed by atoms with E-state index in [9.17, 15) is 14.7 Å². The van der Waals surface area contributed by atoms with Gasteiger partial charge in [-0.1, -0.05) is 59.0 Å². The van der Waals surface area contributed by atoms with Gasteiger partial charge in [0.25, 0.3) is 0 Å². The van der Waals surface area contributed by atoms with Gasteiger partial charge >= 0.3 is 4.87 Å².